The van der Waals surface area contributed by atoms with Crippen LogP contribution < -0.4 is 5.73 Å². The summed E-state index contributed by atoms with van der Waals surface area (Å²) >= 11 is 0. The van der Waals surface area contributed by atoms with Crippen LogP contribution in [0.1, 0.15) is 18.4 Å². The van der Waals surface area contributed by atoms with Gasteiger partial charge in [-0.25, -0.2) is 9.37 Å². The van der Waals surface area contributed by atoms with Crippen molar-refractivity contribution in [2.45, 2.75) is 19.9 Å². The molecule has 2 N–H and O–H groups in total. The molecule has 0 unspecified atom stereocenters. The zero-order valence-corrected chi connectivity index (χ0v) is 9.03. The quantitative estimate of drug-likeness (QED) is 0.864. The van der Waals surface area contributed by atoms with Crippen LogP contribution in [0.25, 0.3) is 11.5 Å². The summed E-state index contributed by atoms with van der Waals surface area (Å²) in [5, 5.41) is 0. The molecule has 84 valence electrons. The number of oxazole rings is 1. The van der Waals surface area contributed by atoms with Gasteiger partial charge in [-0.2, -0.15) is 0 Å². The van der Waals surface area contributed by atoms with Crippen molar-refractivity contribution in [3.8, 4) is 11.5 Å². The van der Waals surface area contributed by atoms with Gasteiger partial charge in [0.15, 0.2) is 0 Å². The van der Waals surface area contributed by atoms with E-state index in [1.807, 2.05) is 6.92 Å². The van der Waals surface area contributed by atoms with Crippen molar-refractivity contribution in [3.05, 3.63) is 41.5 Å². The Labute approximate surface area is 93.1 Å². The van der Waals surface area contributed by atoms with E-state index in [1.165, 1.54) is 12.1 Å². The van der Waals surface area contributed by atoms with Gasteiger partial charge in [0.25, 0.3) is 0 Å². The van der Waals surface area contributed by atoms with E-state index < -0.39 is 0 Å². The van der Waals surface area contributed by atoms with Crippen molar-refractivity contribution in [2.75, 3.05) is 0 Å². The van der Waals surface area contributed by atoms with Crippen molar-refractivity contribution >= 4 is 0 Å². The smallest absolute Gasteiger partial charge is 0.226 e. The van der Waals surface area contributed by atoms with E-state index in [-0.39, 0.29) is 5.82 Å². The molecule has 3 nitrogen and oxygen atoms in total. The summed E-state index contributed by atoms with van der Waals surface area (Å²) in [6.45, 7) is 2.32. The van der Waals surface area contributed by atoms with Gasteiger partial charge >= 0.3 is 0 Å². The third-order valence-electron chi connectivity index (χ3n) is 2.39. The molecule has 0 amide bonds. The molecule has 4 heteroatoms. The Kier molecular flexibility index (Phi) is 3.01. The second-order valence-electron chi connectivity index (χ2n) is 3.45. The van der Waals surface area contributed by atoms with Crippen molar-refractivity contribution < 1.29 is 8.81 Å². The Bertz CT molecular complexity index is 455. The fourth-order valence-corrected chi connectivity index (χ4v) is 1.53. The summed E-state index contributed by atoms with van der Waals surface area (Å²) in [5.74, 6) is 0.921. The Morgan fingerprint density at radius 3 is 2.50 bits per heavy atom. The molecule has 0 aliphatic rings. The largest absolute Gasteiger partial charge is 0.440 e. The van der Waals surface area contributed by atoms with Crippen LogP contribution in [0.15, 0.2) is 28.7 Å². The Morgan fingerprint density at radius 2 is 2.00 bits per heavy atom. The van der Waals surface area contributed by atoms with E-state index in [0.29, 0.717) is 18.2 Å². The number of hydrogen-bond acceptors (Lipinski definition) is 3. The number of aromatic nitrogens is 1. The van der Waals surface area contributed by atoms with Gasteiger partial charge in [0.1, 0.15) is 11.6 Å². The minimum Gasteiger partial charge on any atom is -0.440 e. The van der Waals surface area contributed by atoms with Crippen molar-refractivity contribution in [1.82, 2.24) is 4.98 Å². The average Bonchev–Trinajstić information content (AvgIpc) is 2.73. The molecule has 2 aromatic rings. The van der Waals surface area contributed by atoms with E-state index in [2.05, 4.69) is 4.98 Å². The molecule has 1 aromatic heterocycles. The first-order valence-corrected chi connectivity index (χ1v) is 5.19. The van der Waals surface area contributed by atoms with Crippen LogP contribution in [-0.4, -0.2) is 4.98 Å². The van der Waals surface area contributed by atoms with Crippen molar-refractivity contribution in [2.24, 2.45) is 5.73 Å². The number of aryl methyl sites for hydroxylation is 1. The molecular formula is C12H13FN2O. The summed E-state index contributed by atoms with van der Waals surface area (Å²) in [5.41, 5.74) is 7.17. The first kappa shape index (κ1) is 10.8. The third kappa shape index (κ3) is 1.97. The van der Waals surface area contributed by atoms with E-state index in [4.69, 9.17) is 10.2 Å². The molecule has 0 bridgehead atoms. The predicted octanol–water partition coefficient (Wildman–Crippen LogP) is 2.50. The molecule has 0 radical (unpaired) electrons. The van der Waals surface area contributed by atoms with Crippen molar-refractivity contribution in [3.63, 3.8) is 0 Å². The first-order valence-electron chi connectivity index (χ1n) is 5.19. The van der Waals surface area contributed by atoms with Crippen LogP contribution in [0.2, 0.25) is 0 Å². The summed E-state index contributed by atoms with van der Waals surface area (Å²) in [6.07, 6.45) is 0.775. The maximum Gasteiger partial charge on any atom is 0.226 e. The van der Waals surface area contributed by atoms with Crippen LogP contribution in [0.3, 0.4) is 0 Å². The molecule has 0 atom stereocenters. The lowest BCUT2D eigenvalue weighted by Gasteiger charge is -1.94. The Balaban J connectivity index is 2.40. The molecule has 2 rings (SSSR count). The second-order valence-corrected chi connectivity index (χ2v) is 3.45. The maximum absolute atomic E-state index is 12.7. The van der Waals surface area contributed by atoms with Gasteiger partial charge in [-0.05, 0) is 30.7 Å². The second kappa shape index (κ2) is 4.45. The van der Waals surface area contributed by atoms with Gasteiger partial charge in [-0.1, -0.05) is 6.92 Å². The molecule has 0 fully saturated rings. The molecule has 16 heavy (non-hydrogen) atoms. The number of halogens is 1. The molecule has 0 aliphatic carbocycles. The van der Waals surface area contributed by atoms with Gasteiger partial charge < -0.3 is 10.2 Å². The minimum atomic E-state index is -0.273. The Hall–Kier alpha value is -1.68. The molecule has 1 aromatic carbocycles. The Morgan fingerprint density at radius 1 is 1.31 bits per heavy atom. The van der Waals surface area contributed by atoms with Crippen LogP contribution >= 0.6 is 0 Å². The maximum atomic E-state index is 12.7. The molecule has 0 saturated heterocycles. The fraction of sp³-hybridized carbons (Fsp3) is 0.250. The van der Waals surface area contributed by atoms with E-state index in [9.17, 15) is 4.39 Å². The summed E-state index contributed by atoms with van der Waals surface area (Å²) < 4.78 is 18.3. The highest BCUT2D eigenvalue weighted by molar-refractivity contribution is 5.53. The summed E-state index contributed by atoms with van der Waals surface area (Å²) in [4.78, 5) is 4.33. The lowest BCUT2D eigenvalue weighted by Crippen LogP contribution is -1.97. The van der Waals surface area contributed by atoms with Crippen LogP contribution in [0, 0.1) is 5.82 Å². The van der Waals surface area contributed by atoms with E-state index >= 15 is 0 Å². The first-order chi connectivity index (χ1) is 7.74. The highest BCUT2D eigenvalue weighted by Crippen LogP contribution is 2.22. The van der Waals surface area contributed by atoms with Gasteiger partial charge in [0, 0.05) is 5.56 Å². The van der Waals surface area contributed by atoms with E-state index in [1.54, 1.807) is 12.1 Å². The zero-order valence-electron chi connectivity index (χ0n) is 9.03. The number of hydrogen-bond donors (Lipinski definition) is 1. The topological polar surface area (TPSA) is 52.0 Å². The fourth-order valence-electron chi connectivity index (χ4n) is 1.53. The number of nitrogens with zero attached hydrogens (tertiary/aromatic N) is 1. The van der Waals surface area contributed by atoms with Crippen molar-refractivity contribution in [1.29, 1.82) is 0 Å². The highest BCUT2D eigenvalue weighted by atomic mass is 19.1. The summed E-state index contributed by atoms with van der Waals surface area (Å²) in [6, 6.07) is 6.04. The zero-order chi connectivity index (χ0) is 11.5. The molecule has 1 heterocycles. The van der Waals surface area contributed by atoms with Crippen LogP contribution in [0.5, 0.6) is 0 Å². The van der Waals surface area contributed by atoms with Gasteiger partial charge in [-0.15, -0.1) is 0 Å². The lowest BCUT2D eigenvalue weighted by molar-refractivity contribution is 0.517. The van der Waals surface area contributed by atoms with Gasteiger partial charge in [0.05, 0.1) is 12.2 Å². The standard InChI is InChI=1S/C12H13FN2O/c1-2-10-11(7-14)16-12(15-10)8-3-5-9(13)6-4-8/h3-6H,2,7,14H2,1H3. The van der Waals surface area contributed by atoms with Gasteiger partial charge in [0.2, 0.25) is 5.89 Å². The average molecular weight is 220 g/mol. The SMILES string of the molecule is CCc1nc(-c2ccc(F)cc2)oc1CN. The normalized spacial score (nSPS) is 10.7. The highest BCUT2D eigenvalue weighted by Gasteiger charge is 2.11. The van der Waals surface area contributed by atoms with Crippen LogP contribution in [-0.2, 0) is 13.0 Å². The number of rotatable bonds is 3. The lowest BCUT2D eigenvalue weighted by atomic mass is 10.2. The number of nitrogens with two attached hydrogens (primary N) is 1. The third-order valence-corrected chi connectivity index (χ3v) is 2.39. The molecule has 0 aliphatic heterocycles. The monoisotopic (exact) mass is 220 g/mol. The summed E-state index contributed by atoms with van der Waals surface area (Å²) in [7, 11) is 0. The molecular weight excluding hydrogens is 207 g/mol. The minimum absolute atomic E-state index is 0.273. The van der Waals surface area contributed by atoms with Crippen LogP contribution in [0.4, 0.5) is 4.39 Å². The number of benzene rings is 1. The van der Waals surface area contributed by atoms with Gasteiger partial charge in [-0.3, -0.25) is 0 Å². The predicted molar refractivity (Wildman–Crippen MR) is 59.2 cm³/mol. The van der Waals surface area contributed by atoms with E-state index in [0.717, 1.165) is 17.7 Å². The molecule has 0 saturated carbocycles. The molecule has 0 spiro atoms.